The van der Waals surface area contributed by atoms with Gasteiger partial charge in [0, 0.05) is 0 Å². The fraction of sp³-hybridized carbons (Fsp3) is 0.167. The van der Waals surface area contributed by atoms with E-state index in [1.54, 1.807) is 6.92 Å². The Morgan fingerprint density at radius 1 is 1.60 bits per heavy atom. The van der Waals surface area contributed by atoms with Crippen LogP contribution in [0.4, 0.5) is 4.39 Å². The molecule has 0 fully saturated rings. The monoisotopic (exact) mass is 213 g/mol. The van der Waals surface area contributed by atoms with Crippen LogP contribution in [-0.4, -0.2) is 28.0 Å². The standard InChI is InChI=1S/C6H5FN.BrH.Mg/c1-5-3-2-4-6(7)8-5;;/h2,4H,1H3;1H;/q-1;;+2/p-1. The summed E-state index contributed by atoms with van der Waals surface area (Å²) in [5.74, 6) is -0.443. The van der Waals surface area contributed by atoms with Gasteiger partial charge in [-0.15, -0.1) is 0 Å². The molecule has 0 bridgehead atoms. The van der Waals surface area contributed by atoms with E-state index < -0.39 is 5.95 Å². The van der Waals surface area contributed by atoms with Gasteiger partial charge in [-0.3, -0.25) is 4.98 Å². The number of aromatic nitrogens is 1. The minimum Gasteiger partial charge on any atom is -1.00 e. The summed E-state index contributed by atoms with van der Waals surface area (Å²) in [6.45, 7) is 1.70. The Kier molecular flexibility index (Phi) is 7.86. The molecule has 0 unspecified atom stereocenters. The second kappa shape index (κ2) is 6.06. The van der Waals surface area contributed by atoms with Crippen molar-refractivity contribution in [2.24, 2.45) is 0 Å². The molecule has 50 valence electrons. The fourth-order valence-electron chi connectivity index (χ4n) is 0.461. The number of rotatable bonds is 0. The van der Waals surface area contributed by atoms with E-state index in [4.69, 9.17) is 0 Å². The first kappa shape index (κ1) is 13.0. The largest absolute Gasteiger partial charge is 2.00 e. The molecule has 0 saturated heterocycles. The molecule has 0 aliphatic carbocycles. The van der Waals surface area contributed by atoms with Crippen LogP contribution < -0.4 is 17.0 Å². The molecule has 1 aromatic heterocycles. The summed E-state index contributed by atoms with van der Waals surface area (Å²) in [5.41, 5.74) is 0.588. The predicted molar refractivity (Wildman–Crippen MR) is 33.5 cm³/mol. The minimum absolute atomic E-state index is 0. The number of nitrogens with zero attached hydrogens (tertiary/aromatic N) is 1. The van der Waals surface area contributed by atoms with Gasteiger partial charge in [-0.2, -0.15) is 6.07 Å². The van der Waals surface area contributed by atoms with Crippen molar-refractivity contribution in [3.05, 3.63) is 29.8 Å². The molecule has 1 nitrogen and oxygen atoms in total. The van der Waals surface area contributed by atoms with Crippen LogP contribution in [0, 0.1) is 18.9 Å². The second-order valence-electron chi connectivity index (χ2n) is 1.50. The van der Waals surface area contributed by atoms with Crippen molar-refractivity contribution >= 4 is 23.1 Å². The number of halogens is 2. The molecule has 1 heterocycles. The minimum atomic E-state index is -0.443. The summed E-state index contributed by atoms with van der Waals surface area (Å²) in [7, 11) is 0. The zero-order valence-corrected chi connectivity index (χ0v) is 8.57. The van der Waals surface area contributed by atoms with E-state index in [1.165, 1.54) is 12.1 Å². The summed E-state index contributed by atoms with van der Waals surface area (Å²) < 4.78 is 12.0. The van der Waals surface area contributed by atoms with Gasteiger partial charge >= 0.3 is 23.1 Å². The first-order valence-corrected chi connectivity index (χ1v) is 2.30. The first-order valence-electron chi connectivity index (χ1n) is 2.30. The molecule has 0 amide bonds. The van der Waals surface area contributed by atoms with Gasteiger partial charge in [-0.05, 0) is 6.92 Å². The van der Waals surface area contributed by atoms with Gasteiger partial charge in [0.2, 0.25) is 0 Å². The molecule has 1 aromatic rings. The van der Waals surface area contributed by atoms with Gasteiger partial charge in [0.05, 0.1) is 0 Å². The topological polar surface area (TPSA) is 12.9 Å². The van der Waals surface area contributed by atoms with Crippen LogP contribution in [-0.2, 0) is 0 Å². The molecule has 4 heteroatoms. The predicted octanol–water partition coefficient (Wildman–Crippen LogP) is -2.05. The third-order valence-corrected chi connectivity index (χ3v) is 0.788. The maximum Gasteiger partial charge on any atom is 2.00 e. The average molecular weight is 214 g/mol. The van der Waals surface area contributed by atoms with Crippen LogP contribution >= 0.6 is 0 Å². The van der Waals surface area contributed by atoms with Gasteiger partial charge in [0.15, 0.2) is 0 Å². The van der Waals surface area contributed by atoms with Crippen LogP contribution in [0.3, 0.4) is 0 Å². The summed E-state index contributed by atoms with van der Waals surface area (Å²) in [5, 5.41) is 0. The van der Waals surface area contributed by atoms with Crippen molar-refractivity contribution < 1.29 is 21.4 Å². The SMILES string of the molecule is Cc1[c-]ccc(F)n1.[Br-].[Mg+2]. The quantitative estimate of drug-likeness (QED) is 0.275. The van der Waals surface area contributed by atoms with Crippen LogP contribution in [0.5, 0.6) is 0 Å². The van der Waals surface area contributed by atoms with Crippen molar-refractivity contribution in [1.82, 2.24) is 4.98 Å². The van der Waals surface area contributed by atoms with E-state index in [0.717, 1.165) is 0 Å². The molecule has 0 spiro atoms. The maximum absolute atomic E-state index is 12.0. The fourth-order valence-corrected chi connectivity index (χ4v) is 0.461. The zero-order valence-electron chi connectivity index (χ0n) is 5.56. The first-order chi connectivity index (χ1) is 3.79. The third kappa shape index (κ3) is 4.19. The Morgan fingerprint density at radius 2 is 2.20 bits per heavy atom. The van der Waals surface area contributed by atoms with Gasteiger partial charge in [0.1, 0.15) is 5.95 Å². The molecule has 0 aromatic carbocycles. The molecular formula is C6H5BrFMgN. The van der Waals surface area contributed by atoms with Gasteiger partial charge < -0.3 is 17.0 Å². The van der Waals surface area contributed by atoms with Crippen molar-refractivity contribution in [3.8, 4) is 0 Å². The smallest absolute Gasteiger partial charge is 1.00 e. The van der Waals surface area contributed by atoms with Gasteiger partial charge in [-0.1, -0.05) is 5.69 Å². The molecule has 0 aliphatic rings. The summed E-state index contributed by atoms with van der Waals surface area (Å²) in [4.78, 5) is 3.45. The molecule has 0 radical (unpaired) electrons. The van der Waals surface area contributed by atoms with E-state index >= 15 is 0 Å². The van der Waals surface area contributed by atoms with Crippen molar-refractivity contribution in [2.45, 2.75) is 6.92 Å². The third-order valence-electron chi connectivity index (χ3n) is 0.788. The summed E-state index contributed by atoms with van der Waals surface area (Å²) in [6, 6.07) is 5.50. The van der Waals surface area contributed by atoms with E-state index in [2.05, 4.69) is 11.1 Å². The number of aryl methyl sites for hydroxylation is 1. The van der Waals surface area contributed by atoms with E-state index in [1.807, 2.05) is 0 Å². The molecule has 0 aliphatic heterocycles. The Morgan fingerprint density at radius 3 is 2.50 bits per heavy atom. The van der Waals surface area contributed by atoms with Crippen molar-refractivity contribution in [1.29, 1.82) is 0 Å². The Labute approximate surface area is 86.0 Å². The molecule has 0 saturated carbocycles. The van der Waals surface area contributed by atoms with Crippen LogP contribution in [0.1, 0.15) is 5.69 Å². The molecule has 10 heavy (non-hydrogen) atoms. The van der Waals surface area contributed by atoms with E-state index in [9.17, 15) is 4.39 Å². The Balaban J connectivity index is 0. The Bertz CT molecular complexity index is 178. The molecular weight excluding hydrogens is 209 g/mol. The van der Waals surface area contributed by atoms with Crippen LogP contribution in [0.25, 0.3) is 0 Å². The Hall–Kier alpha value is 0.326. The second-order valence-corrected chi connectivity index (χ2v) is 1.50. The van der Waals surface area contributed by atoms with E-state index in [-0.39, 0.29) is 40.0 Å². The summed E-state index contributed by atoms with van der Waals surface area (Å²) >= 11 is 0. The zero-order chi connectivity index (χ0) is 5.98. The normalized spacial score (nSPS) is 7.40. The van der Waals surface area contributed by atoms with Crippen molar-refractivity contribution in [3.63, 3.8) is 0 Å². The maximum atomic E-state index is 12.0. The summed E-state index contributed by atoms with van der Waals surface area (Å²) in [6.07, 6.45) is 0. The molecule has 1 rings (SSSR count). The van der Waals surface area contributed by atoms with Crippen molar-refractivity contribution in [2.75, 3.05) is 0 Å². The van der Waals surface area contributed by atoms with Crippen LogP contribution in [0.15, 0.2) is 12.1 Å². The molecule has 0 atom stereocenters. The van der Waals surface area contributed by atoms with E-state index in [0.29, 0.717) is 5.69 Å². The van der Waals surface area contributed by atoms with Crippen LogP contribution in [0.2, 0.25) is 0 Å². The average Bonchev–Trinajstić information content (AvgIpc) is 1.64. The molecule has 0 N–H and O–H groups in total. The van der Waals surface area contributed by atoms with Gasteiger partial charge in [-0.25, -0.2) is 16.5 Å². The number of hydrogen-bond donors (Lipinski definition) is 0. The number of pyridine rings is 1. The van der Waals surface area contributed by atoms with Gasteiger partial charge in [0.25, 0.3) is 0 Å². The number of hydrogen-bond acceptors (Lipinski definition) is 1.